The summed E-state index contributed by atoms with van der Waals surface area (Å²) in [4.78, 5) is 44.0. The highest BCUT2D eigenvalue weighted by Gasteiger charge is 2.74. The Morgan fingerprint density at radius 2 is 2.09 bits per heavy atom. The molecule has 184 valence electrons. The predicted molar refractivity (Wildman–Crippen MR) is 130 cm³/mol. The van der Waals surface area contributed by atoms with Gasteiger partial charge in [0.15, 0.2) is 0 Å². The Bertz CT molecular complexity index is 969. The number of ether oxygens (including phenoxy) is 2. The van der Waals surface area contributed by atoms with Crippen LogP contribution in [0.5, 0.6) is 5.75 Å². The van der Waals surface area contributed by atoms with Crippen LogP contribution in [-0.4, -0.2) is 76.7 Å². The fourth-order valence-electron chi connectivity index (χ4n) is 5.80. The number of fused-ring (bicyclic) bond motifs is 1. The smallest absolute Gasteiger partial charge is 0.310 e. The van der Waals surface area contributed by atoms with E-state index in [-0.39, 0.29) is 42.8 Å². The Kier molecular flexibility index (Phi) is 6.96. The highest BCUT2D eigenvalue weighted by Crippen LogP contribution is 2.67. The van der Waals surface area contributed by atoms with Crippen LogP contribution in [0.1, 0.15) is 26.7 Å². The van der Waals surface area contributed by atoms with Crippen LogP contribution >= 0.6 is 11.8 Å². The molecule has 3 aliphatic heterocycles. The molecule has 4 rings (SSSR count). The standard InChI is InChI=1S/C25H32N2O6S/c1-5-13-26(16-7-9-17(32-4)10-8-16)23(30)21-25-12-11-18(34-25)19(24(31)33-6-2)20(25)22(29)27(21)15(3)14-28/h5,7-10,15,18-21,28H,1,6,11-14H2,2-4H3/t15-,18-,19+,20+,21?,25?/m1/s1. The number of benzene rings is 1. The van der Waals surface area contributed by atoms with E-state index in [4.69, 9.17) is 9.47 Å². The van der Waals surface area contributed by atoms with Crippen molar-refractivity contribution in [2.24, 2.45) is 11.8 Å². The molecule has 2 unspecified atom stereocenters. The van der Waals surface area contributed by atoms with Crippen LogP contribution in [0.25, 0.3) is 0 Å². The summed E-state index contributed by atoms with van der Waals surface area (Å²) in [5.74, 6) is -1.41. The van der Waals surface area contributed by atoms with Gasteiger partial charge in [-0.1, -0.05) is 6.08 Å². The van der Waals surface area contributed by atoms with E-state index in [2.05, 4.69) is 6.58 Å². The fourth-order valence-corrected chi connectivity index (χ4v) is 7.99. The van der Waals surface area contributed by atoms with Gasteiger partial charge in [0.2, 0.25) is 5.91 Å². The minimum Gasteiger partial charge on any atom is -0.497 e. The van der Waals surface area contributed by atoms with Crippen LogP contribution < -0.4 is 9.64 Å². The molecular weight excluding hydrogens is 456 g/mol. The topological polar surface area (TPSA) is 96.4 Å². The van der Waals surface area contributed by atoms with E-state index < -0.39 is 28.7 Å². The molecule has 0 radical (unpaired) electrons. The molecule has 8 nitrogen and oxygen atoms in total. The van der Waals surface area contributed by atoms with Crippen molar-refractivity contribution in [3.63, 3.8) is 0 Å². The van der Waals surface area contributed by atoms with Gasteiger partial charge in [-0.3, -0.25) is 14.4 Å². The van der Waals surface area contributed by atoms with Gasteiger partial charge in [0, 0.05) is 17.5 Å². The van der Waals surface area contributed by atoms with Gasteiger partial charge in [-0.15, -0.1) is 18.3 Å². The summed E-state index contributed by atoms with van der Waals surface area (Å²) in [7, 11) is 1.58. The molecule has 1 aromatic rings. The molecule has 3 aliphatic rings. The summed E-state index contributed by atoms with van der Waals surface area (Å²) in [6.07, 6.45) is 3.05. The molecule has 2 bridgehead atoms. The van der Waals surface area contributed by atoms with Gasteiger partial charge in [-0.2, -0.15) is 0 Å². The normalized spacial score (nSPS) is 30.1. The maximum atomic E-state index is 14.2. The highest BCUT2D eigenvalue weighted by molar-refractivity contribution is 8.02. The fraction of sp³-hybridized carbons (Fsp3) is 0.560. The highest BCUT2D eigenvalue weighted by atomic mass is 32.2. The second kappa shape index (κ2) is 9.62. The molecule has 3 saturated heterocycles. The molecule has 0 saturated carbocycles. The van der Waals surface area contributed by atoms with Gasteiger partial charge in [-0.25, -0.2) is 0 Å². The summed E-state index contributed by atoms with van der Waals surface area (Å²) in [6, 6.07) is 5.79. The molecule has 1 spiro atoms. The van der Waals surface area contributed by atoms with Crippen molar-refractivity contribution >= 4 is 35.2 Å². The van der Waals surface area contributed by atoms with Gasteiger partial charge in [0.25, 0.3) is 5.91 Å². The van der Waals surface area contributed by atoms with Gasteiger partial charge in [-0.05, 0) is 51.0 Å². The average Bonchev–Trinajstić information content (AvgIpc) is 3.49. The van der Waals surface area contributed by atoms with Crippen molar-refractivity contribution in [3.05, 3.63) is 36.9 Å². The lowest BCUT2D eigenvalue weighted by atomic mass is 9.71. The molecule has 6 atom stereocenters. The molecule has 9 heteroatoms. The van der Waals surface area contributed by atoms with Crippen molar-refractivity contribution in [1.82, 2.24) is 4.90 Å². The van der Waals surface area contributed by atoms with E-state index in [1.165, 1.54) is 4.90 Å². The predicted octanol–water partition coefficient (Wildman–Crippen LogP) is 2.25. The van der Waals surface area contributed by atoms with E-state index in [0.717, 1.165) is 6.42 Å². The number of esters is 1. The Balaban J connectivity index is 1.77. The lowest BCUT2D eigenvalue weighted by Crippen LogP contribution is -2.57. The molecule has 3 heterocycles. The molecule has 2 amide bonds. The first-order valence-corrected chi connectivity index (χ1v) is 12.6. The van der Waals surface area contributed by atoms with Crippen LogP contribution in [0.3, 0.4) is 0 Å². The Morgan fingerprint density at radius 3 is 2.68 bits per heavy atom. The largest absolute Gasteiger partial charge is 0.497 e. The molecule has 1 aromatic carbocycles. The zero-order chi connectivity index (χ0) is 24.6. The summed E-state index contributed by atoms with van der Waals surface area (Å²) in [5, 5.41) is 9.92. The number of rotatable bonds is 9. The van der Waals surface area contributed by atoms with E-state index in [0.29, 0.717) is 17.9 Å². The summed E-state index contributed by atoms with van der Waals surface area (Å²) in [6.45, 7) is 7.52. The number of amides is 2. The van der Waals surface area contributed by atoms with Crippen molar-refractivity contribution in [2.45, 2.75) is 48.8 Å². The number of aliphatic hydroxyl groups excluding tert-OH is 1. The first kappa shape index (κ1) is 24.6. The SMILES string of the molecule is C=CCN(C(=O)C1N([C@H](C)CO)C(=O)[C@@H]2[C@@H](C(=O)OCC)[C@H]3CCC12S3)c1ccc(OC)cc1. The molecule has 34 heavy (non-hydrogen) atoms. The number of carbonyl (C=O) groups excluding carboxylic acids is 3. The Hall–Kier alpha value is -2.52. The summed E-state index contributed by atoms with van der Waals surface area (Å²) < 4.78 is 9.85. The third-order valence-electron chi connectivity index (χ3n) is 7.23. The van der Waals surface area contributed by atoms with Gasteiger partial charge >= 0.3 is 5.97 Å². The summed E-state index contributed by atoms with van der Waals surface area (Å²) >= 11 is 1.58. The van der Waals surface area contributed by atoms with Crippen molar-refractivity contribution in [3.8, 4) is 5.75 Å². The lowest BCUT2D eigenvalue weighted by Gasteiger charge is -2.38. The van der Waals surface area contributed by atoms with Crippen LogP contribution in [0.15, 0.2) is 36.9 Å². The Labute approximate surface area is 204 Å². The third kappa shape index (κ3) is 3.69. The van der Waals surface area contributed by atoms with E-state index in [1.807, 2.05) is 0 Å². The van der Waals surface area contributed by atoms with Gasteiger partial charge in [0.1, 0.15) is 11.8 Å². The Morgan fingerprint density at radius 1 is 1.38 bits per heavy atom. The number of carbonyl (C=O) groups is 3. The number of thioether (sulfide) groups is 1. The number of hydrogen-bond donors (Lipinski definition) is 1. The molecule has 1 N–H and O–H groups in total. The van der Waals surface area contributed by atoms with E-state index >= 15 is 0 Å². The van der Waals surface area contributed by atoms with Crippen LogP contribution in [0.4, 0.5) is 5.69 Å². The van der Waals surface area contributed by atoms with Crippen LogP contribution in [0, 0.1) is 11.8 Å². The minimum absolute atomic E-state index is 0.0521. The van der Waals surface area contributed by atoms with Crippen molar-refractivity contribution < 1.29 is 29.0 Å². The second-order valence-corrected chi connectivity index (χ2v) is 10.6. The maximum Gasteiger partial charge on any atom is 0.310 e. The minimum atomic E-state index is -0.802. The first-order valence-electron chi connectivity index (χ1n) is 11.7. The van der Waals surface area contributed by atoms with Crippen LogP contribution in [-0.2, 0) is 19.1 Å². The number of aliphatic hydroxyl groups is 1. The number of hydrogen-bond acceptors (Lipinski definition) is 7. The van der Waals surface area contributed by atoms with E-state index in [1.54, 1.807) is 68.0 Å². The molecular formula is C25H32N2O6S. The van der Waals surface area contributed by atoms with Gasteiger partial charge < -0.3 is 24.4 Å². The monoisotopic (exact) mass is 488 g/mol. The van der Waals surface area contributed by atoms with E-state index in [9.17, 15) is 19.5 Å². The third-order valence-corrected chi connectivity index (χ3v) is 9.18. The average molecular weight is 489 g/mol. The second-order valence-electron chi connectivity index (χ2n) is 9.02. The maximum absolute atomic E-state index is 14.2. The number of likely N-dealkylation sites (tertiary alicyclic amines) is 1. The quantitative estimate of drug-likeness (QED) is 0.421. The molecule has 0 aliphatic carbocycles. The zero-order valence-corrected chi connectivity index (χ0v) is 20.6. The molecule has 0 aromatic heterocycles. The van der Waals surface area contributed by atoms with Crippen LogP contribution in [0.2, 0.25) is 0 Å². The van der Waals surface area contributed by atoms with Crippen molar-refractivity contribution in [2.75, 3.05) is 31.8 Å². The lowest BCUT2D eigenvalue weighted by molar-refractivity contribution is -0.154. The van der Waals surface area contributed by atoms with Crippen molar-refractivity contribution in [1.29, 1.82) is 0 Å². The van der Waals surface area contributed by atoms with Gasteiger partial charge in [0.05, 0.1) is 42.9 Å². The number of methoxy groups -OCH3 is 1. The zero-order valence-electron chi connectivity index (χ0n) is 19.8. The first-order chi connectivity index (χ1) is 16.3. The summed E-state index contributed by atoms with van der Waals surface area (Å²) in [5.41, 5.74) is 0.661. The molecule has 3 fully saturated rings. The number of nitrogens with zero attached hydrogens (tertiary/aromatic N) is 2. The number of anilines is 1.